The summed E-state index contributed by atoms with van der Waals surface area (Å²) in [6, 6.07) is 11.7. The number of nitrogens with zero attached hydrogens (tertiary/aromatic N) is 1. The molecule has 1 N–H and O–H groups in total. The van der Waals surface area contributed by atoms with Crippen LogP contribution in [0.2, 0.25) is 0 Å². The summed E-state index contributed by atoms with van der Waals surface area (Å²) in [7, 11) is 0. The lowest BCUT2D eigenvalue weighted by Gasteiger charge is -2.46. The third-order valence-electron chi connectivity index (χ3n) is 6.93. The van der Waals surface area contributed by atoms with E-state index in [-0.39, 0.29) is 23.3 Å². The fraction of sp³-hybridized carbons (Fsp3) is 0.520. The van der Waals surface area contributed by atoms with Crippen LogP contribution in [-0.4, -0.2) is 41.9 Å². The number of hydrogen-bond acceptors (Lipinski definition) is 4. The molecule has 2 fully saturated rings. The van der Waals surface area contributed by atoms with Crippen LogP contribution in [0.5, 0.6) is 5.75 Å². The highest BCUT2D eigenvalue weighted by Crippen LogP contribution is 2.46. The molecule has 6 nitrogen and oxygen atoms in total. The van der Waals surface area contributed by atoms with Crippen LogP contribution in [0.25, 0.3) is 0 Å². The lowest BCUT2D eigenvalue weighted by Crippen LogP contribution is -2.52. The van der Waals surface area contributed by atoms with Crippen molar-refractivity contribution in [2.24, 2.45) is 5.92 Å². The van der Waals surface area contributed by atoms with Gasteiger partial charge in [0.25, 0.3) is 5.91 Å². The molecule has 3 heterocycles. The number of likely N-dealkylation sites (tertiary alicyclic amines) is 1. The molecule has 1 unspecified atom stereocenters. The summed E-state index contributed by atoms with van der Waals surface area (Å²) in [5.41, 5.74) is 0.797. The van der Waals surface area contributed by atoms with E-state index < -0.39 is 0 Å². The molecule has 2 amide bonds. The molecular weight excluding hydrogens is 392 g/mol. The summed E-state index contributed by atoms with van der Waals surface area (Å²) in [6.07, 6.45) is 5.28. The van der Waals surface area contributed by atoms with Gasteiger partial charge in [-0.1, -0.05) is 18.2 Å². The molecule has 1 aromatic heterocycles. The average molecular weight is 423 g/mol. The van der Waals surface area contributed by atoms with Crippen LogP contribution in [0.1, 0.15) is 66.3 Å². The van der Waals surface area contributed by atoms with Crippen molar-refractivity contribution in [1.29, 1.82) is 0 Å². The number of furan rings is 1. The number of amides is 2. The van der Waals surface area contributed by atoms with Crippen molar-refractivity contribution >= 4 is 11.8 Å². The Hall–Kier alpha value is -2.76. The third kappa shape index (κ3) is 4.34. The van der Waals surface area contributed by atoms with Crippen molar-refractivity contribution in [1.82, 2.24) is 10.2 Å². The van der Waals surface area contributed by atoms with E-state index in [4.69, 9.17) is 9.15 Å². The minimum Gasteiger partial charge on any atom is -0.487 e. The lowest BCUT2D eigenvalue weighted by molar-refractivity contribution is -0.122. The van der Waals surface area contributed by atoms with Crippen molar-refractivity contribution in [2.75, 3.05) is 19.6 Å². The predicted molar refractivity (Wildman–Crippen MR) is 116 cm³/mol. The standard InChI is InChI=1S/C25H30N2O4/c1-17-6-9-22(30-17)24(29)27-12-10-25(11-13-27)15-19(14-23(28)26-16-18-7-8-18)20-4-2-3-5-21(20)31-25/h2-6,9,18-19H,7-8,10-16H2,1H3,(H,26,28). The van der Waals surface area contributed by atoms with E-state index in [1.807, 2.05) is 36.1 Å². The van der Waals surface area contributed by atoms with Gasteiger partial charge in [0.2, 0.25) is 5.91 Å². The fourth-order valence-electron chi connectivity index (χ4n) is 4.93. The van der Waals surface area contributed by atoms with E-state index in [1.165, 1.54) is 12.8 Å². The Morgan fingerprint density at radius 3 is 2.61 bits per heavy atom. The van der Waals surface area contributed by atoms with E-state index in [2.05, 4.69) is 11.4 Å². The number of piperidine rings is 1. The van der Waals surface area contributed by atoms with Crippen molar-refractivity contribution < 1.29 is 18.7 Å². The number of fused-ring (bicyclic) bond motifs is 1. The predicted octanol–water partition coefficient (Wildman–Crippen LogP) is 4.05. The van der Waals surface area contributed by atoms with Gasteiger partial charge in [0, 0.05) is 44.8 Å². The zero-order valence-corrected chi connectivity index (χ0v) is 18.1. The zero-order valence-electron chi connectivity index (χ0n) is 18.1. The quantitative estimate of drug-likeness (QED) is 0.789. The molecular formula is C25H30N2O4. The van der Waals surface area contributed by atoms with Gasteiger partial charge in [-0.25, -0.2) is 0 Å². The molecule has 2 aliphatic heterocycles. The number of rotatable bonds is 5. The Labute approximate surface area is 182 Å². The summed E-state index contributed by atoms with van der Waals surface area (Å²) in [5.74, 6) is 2.91. The number of nitrogens with one attached hydrogen (secondary N) is 1. The van der Waals surface area contributed by atoms with Gasteiger partial charge < -0.3 is 19.4 Å². The van der Waals surface area contributed by atoms with Crippen molar-refractivity contribution in [3.63, 3.8) is 0 Å². The van der Waals surface area contributed by atoms with Gasteiger partial charge in [-0.05, 0) is 55.9 Å². The Bertz CT molecular complexity index is 969. The highest BCUT2D eigenvalue weighted by atomic mass is 16.5. The minimum absolute atomic E-state index is 0.0600. The van der Waals surface area contributed by atoms with Gasteiger partial charge in [-0.15, -0.1) is 0 Å². The van der Waals surface area contributed by atoms with Crippen LogP contribution >= 0.6 is 0 Å². The smallest absolute Gasteiger partial charge is 0.289 e. The fourth-order valence-corrected chi connectivity index (χ4v) is 4.93. The molecule has 2 aromatic rings. The first-order valence-corrected chi connectivity index (χ1v) is 11.4. The second-order valence-electron chi connectivity index (χ2n) is 9.38. The van der Waals surface area contributed by atoms with Crippen molar-refractivity contribution in [3.05, 3.63) is 53.5 Å². The van der Waals surface area contributed by atoms with Crippen LogP contribution in [0.15, 0.2) is 40.8 Å². The second kappa shape index (κ2) is 8.06. The number of carbonyl (C=O) groups is 2. The minimum atomic E-state index is -0.328. The van der Waals surface area contributed by atoms with Crippen LogP contribution in [0, 0.1) is 12.8 Å². The van der Waals surface area contributed by atoms with Gasteiger partial charge in [0.15, 0.2) is 5.76 Å². The molecule has 1 aromatic carbocycles. The normalized spacial score (nSPS) is 22.0. The van der Waals surface area contributed by atoms with E-state index >= 15 is 0 Å². The first-order valence-electron chi connectivity index (χ1n) is 11.4. The van der Waals surface area contributed by atoms with Crippen LogP contribution < -0.4 is 10.1 Å². The lowest BCUT2D eigenvalue weighted by atomic mass is 9.76. The summed E-state index contributed by atoms with van der Waals surface area (Å²) in [4.78, 5) is 27.2. The van der Waals surface area contributed by atoms with Crippen LogP contribution in [0.3, 0.4) is 0 Å². The van der Waals surface area contributed by atoms with E-state index in [9.17, 15) is 9.59 Å². The van der Waals surface area contributed by atoms with E-state index in [0.717, 1.165) is 42.9 Å². The maximum Gasteiger partial charge on any atom is 0.289 e. The average Bonchev–Trinajstić information content (AvgIpc) is 3.51. The molecule has 31 heavy (non-hydrogen) atoms. The Morgan fingerprint density at radius 2 is 1.90 bits per heavy atom. The molecule has 1 atom stereocenters. The number of para-hydroxylation sites is 1. The van der Waals surface area contributed by atoms with E-state index in [0.29, 0.717) is 31.2 Å². The molecule has 1 aliphatic carbocycles. The molecule has 1 saturated carbocycles. The molecule has 1 spiro atoms. The highest BCUT2D eigenvalue weighted by molar-refractivity contribution is 5.91. The van der Waals surface area contributed by atoms with Crippen molar-refractivity contribution in [2.45, 2.75) is 57.0 Å². The molecule has 0 bridgehead atoms. The topological polar surface area (TPSA) is 71.8 Å². The maximum absolute atomic E-state index is 12.8. The number of ether oxygens (including phenoxy) is 1. The zero-order chi connectivity index (χ0) is 21.4. The number of benzene rings is 1. The second-order valence-corrected chi connectivity index (χ2v) is 9.38. The number of carbonyl (C=O) groups excluding carboxylic acids is 2. The Balaban J connectivity index is 1.27. The van der Waals surface area contributed by atoms with Gasteiger partial charge in [-0.2, -0.15) is 0 Å². The SMILES string of the molecule is Cc1ccc(C(=O)N2CCC3(CC2)CC(CC(=O)NCC2CC2)c2ccccc2O3)o1. The summed E-state index contributed by atoms with van der Waals surface area (Å²) < 4.78 is 12.0. The highest BCUT2D eigenvalue weighted by Gasteiger charge is 2.44. The number of aryl methyl sites for hydroxylation is 1. The van der Waals surface area contributed by atoms with E-state index in [1.54, 1.807) is 6.07 Å². The summed E-state index contributed by atoms with van der Waals surface area (Å²) in [6.45, 7) is 3.90. The first kappa shape index (κ1) is 20.2. The monoisotopic (exact) mass is 422 g/mol. The van der Waals surface area contributed by atoms with Gasteiger partial charge in [-0.3, -0.25) is 9.59 Å². The molecule has 1 saturated heterocycles. The largest absolute Gasteiger partial charge is 0.487 e. The Kier molecular flexibility index (Phi) is 5.24. The van der Waals surface area contributed by atoms with Gasteiger partial charge in [0.05, 0.1) is 0 Å². The van der Waals surface area contributed by atoms with Crippen LogP contribution in [-0.2, 0) is 4.79 Å². The third-order valence-corrected chi connectivity index (χ3v) is 6.93. The molecule has 0 radical (unpaired) electrons. The summed E-state index contributed by atoms with van der Waals surface area (Å²) in [5, 5.41) is 3.11. The molecule has 3 aliphatic rings. The van der Waals surface area contributed by atoms with Crippen LogP contribution in [0.4, 0.5) is 0 Å². The molecule has 164 valence electrons. The Morgan fingerprint density at radius 1 is 1.13 bits per heavy atom. The summed E-state index contributed by atoms with van der Waals surface area (Å²) >= 11 is 0. The van der Waals surface area contributed by atoms with Gasteiger partial charge >= 0.3 is 0 Å². The van der Waals surface area contributed by atoms with Gasteiger partial charge in [0.1, 0.15) is 17.1 Å². The molecule has 6 heteroatoms. The maximum atomic E-state index is 12.8. The number of hydrogen-bond donors (Lipinski definition) is 1. The molecule has 5 rings (SSSR count). The first-order chi connectivity index (χ1) is 15.0. The van der Waals surface area contributed by atoms with Crippen molar-refractivity contribution in [3.8, 4) is 5.75 Å².